The maximum absolute atomic E-state index is 13.3. The largest absolute Gasteiger partial charge is 0.491 e. The van der Waals surface area contributed by atoms with Crippen molar-refractivity contribution in [2.24, 2.45) is 5.41 Å². The minimum absolute atomic E-state index is 0.0602. The molecule has 0 aliphatic heterocycles. The number of ether oxygens (including phenoxy) is 1. The summed E-state index contributed by atoms with van der Waals surface area (Å²) in [7, 11) is 0. The van der Waals surface area contributed by atoms with E-state index in [1.807, 2.05) is 0 Å². The van der Waals surface area contributed by atoms with Crippen LogP contribution in [0.3, 0.4) is 0 Å². The fourth-order valence-electron chi connectivity index (χ4n) is 1.72. The molecule has 0 spiro atoms. The highest BCUT2D eigenvalue weighted by Gasteiger charge is 2.26. The molecular formula is C16H21F2NO4. The molecule has 0 saturated heterocycles. The van der Waals surface area contributed by atoms with Gasteiger partial charge in [0.1, 0.15) is 5.82 Å². The van der Waals surface area contributed by atoms with Gasteiger partial charge in [-0.2, -0.15) is 0 Å². The summed E-state index contributed by atoms with van der Waals surface area (Å²) in [6.07, 6.45) is 0.868. The van der Waals surface area contributed by atoms with Crippen LogP contribution in [0, 0.1) is 17.0 Å². The van der Waals surface area contributed by atoms with Gasteiger partial charge >= 0.3 is 5.97 Å². The van der Waals surface area contributed by atoms with E-state index < -0.39 is 23.0 Å². The number of benzene rings is 1. The first kappa shape index (κ1) is 18.9. The molecule has 0 radical (unpaired) electrons. The van der Waals surface area contributed by atoms with Crippen molar-refractivity contribution < 1.29 is 28.2 Å². The van der Waals surface area contributed by atoms with Crippen LogP contribution < -0.4 is 10.1 Å². The van der Waals surface area contributed by atoms with Crippen molar-refractivity contribution in [2.45, 2.75) is 33.1 Å². The number of carboxylic acids is 1. The third-order valence-electron chi connectivity index (χ3n) is 3.35. The summed E-state index contributed by atoms with van der Waals surface area (Å²) >= 11 is 0. The smallest absolute Gasteiger partial charge is 0.309 e. The van der Waals surface area contributed by atoms with Gasteiger partial charge in [0.05, 0.1) is 12.0 Å². The number of carbonyl (C=O) groups excluding carboxylic acids is 1. The van der Waals surface area contributed by atoms with E-state index in [2.05, 4.69) is 5.32 Å². The van der Waals surface area contributed by atoms with Crippen LogP contribution >= 0.6 is 0 Å². The van der Waals surface area contributed by atoms with Gasteiger partial charge < -0.3 is 15.2 Å². The summed E-state index contributed by atoms with van der Waals surface area (Å²) in [4.78, 5) is 22.5. The third-order valence-corrected chi connectivity index (χ3v) is 3.35. The Morgan fingerprint density at radius 1 is 1.30 bits per heavy atom. The number of carboxylic acid groups (broad SMARTS) is 1. The van der Waals surface area contributed by atoms with Gasteiger partial charge in [-0.05, 0) is 38.8 Å². The number of hydrogen-bond acceptors (Lipinski definition) is 3. The summed E-state index contributed by atoms with van der Waals surface area (Å²) < 4.78 is 31.1. The lowest BCUT2D eigenvalue weighted by Crippen LogP contribution is -2.31. The average Bonchev–Trinajstić information content (AvgIpc) is 2.45. The fourth-order valence-corrected chi connectivity index (χ4v) is 1.72. The maximum atomic E-state index is 13.3. The zero-order chi connectivity index (χ0) is 17.5. The SMILES string of the molecule is CC(C)(CCNC(=O)CCCOc1ccc(F)cc1F)C(=O)O. The van der Waals surface area contributed by atoms with Gasteiger partial charge in [-0.3, -0.25) is 9.59 Å². The van der Waals surface area contributed by atoms with Gasteiger partial charge in [0, 0.05) is 19.0 Å². The average molecular weight is 329 g/mol. The highest BCUT2D eigenvalue weighted by molar-refractivity contribution is 5.76. The summed E-state index contributed by atoms with van der Waals surface area (Å²) in [6.45, 7) is 3.57. The predicted octanol–water partition coefficient (Wildman–Crippen LogP) is 2.74. The van der Waals surface area contributed by atoms with E-state index in [1.54, 1.807) is 13.8 Å². The number of rotatable bonds is 9. The molecule has 0 aliphatic rings. The number of hydrogen-bond donors (Lipinski definition) is 2. The first-order chi connectivity index (χ1) is 10.7. The molecule has 1 rings (SSSR count). The van der Waals surface area contributed by atoms with E-state index in [0.717, 1.165) is 12.1 Å². The second-order valence-electron chi connectivity index (χ2n) is 5.82. The van der Waals surface area contributed by atoms with Crippen molar-refractivity contribution in [2.75, 3.05) is 13.2 Å². The Morgan fingerprint density at radius 3 is 2.61 bits per heavy atom. The lowest BCUT2D eigenvalue weighted by molar-refractivity contribution is -0.147. The molecule has 0 aliphatic carbocycles. The van der Waals surface area contributed by atoms with E-state index in [1.165, 1.54) is 6.07 Å². The number of aliphatic carboxylic acids is 1. The van der Waals surface area contributed by atoms with E-state index in [4.69, 9.17) is 9.84 Å². The summed E-state index contributed by atoms with van der Waals surface area (Å²) in [5.41, 5.74) is -0.892. The van der Waals surface area contributed by atoms with E-state index in [9.17, 15) is 18.4 Å². The normalized spacial score (nSPS) is 11.1. The van der Waals surface area contributed by atoms with E-state index in [-0.39, 0.29) is 31.2 Å². The number of amides is 1. The van der Waals surface area contributed by atoms with Gasteiger partial charge in [-0.15, -0.1) is 0 Å². The van der Waals surface area contributed by atoms with Crippen LogP contribution in [0.4, 0.5) is 8.78 Å². The van der Waals surface area contributed by atoms with Gasteiger partial charge in [-0.25, -0.2) is 8.78 Å². The molecule has 0 bridgehead atoms. The minimum atomic E-state index is -0.915. The van der Waals surface area contributed by atoms with Crippen LogP contribution in [-0.4, -0.2) is 30.1 Å². The van der Waals surface area contributed by atoms with Crippen LogP contribution in [0.5, 0.6) is 5.75 Å². The van der Waals surface area contributed by atoms with Gasteiger partial charge in [-0.1, -0.05) is 0 Å². The maximum Gasteiger partial charge on any atom is 0.309 e. The second kappa shape index (κ2) is 8.45. The quantitative estimate of drug-likeness (QED) is 0.683. The van der Waals surface area contributed by atoms with Crippen molar-refractivity contribution in [3.05, 3.63) is 29.8 Å². The van der Waals surface area contributed by atoms with Crippen LogP contribution in [-0.2, 0) is 9.59 Å². The monoisotopic (exact) mass is 329 g/mol. The van der Waals surface area contributed by atoms with Crippen molar-refractivity contribution in [3.8, 4) is 5.75 Å². The number of nitrogens with one attached hydrogen (secondary N) is 1. The third kappa shape index (κ3) is 6.63. The van der Waals surface area contributed by atoms with Crippen molar-refractivity contribution in [1.29, 1.82) is 0 Å². The Labute approximate surface area is 133 Å². The highest BCUT2D eigenvalue weighted by Crippen LogP contribution is 2.19. The summed E-state index contributed by atoms with van der Waals surface area (Å²) in [5, 5.41) is 11.6. The molecule has 1 aromatic rings. The molecule has 0 atom stereocenters. The molecule has 5 nitrogen and oxygen atoms in total. The predicted molar refractivity (Wildman–Crippen MR) is 80.1 cm³/mol. The molecule has 23 heavy (non-hydrogen) atoms. The summed E-state index contributed by atoms with van der Waals surface area (Å²) in [6, 6.07) is 3.01. The van der Waals surface area contributed by atoms with Crippen molar-refractivity contribution >= 4 is 11.9 Å². The summed E-state index contributed by atoms with van der Waals surface area (Å²) in [5.74, 6) is -2.67. The van der Waals surface area contributed by atoms with Gasteiger partial charge in [0.25, 0.3) is 0 Å². The van der Waals surface area contributed by atoms with Crippen LogP contribution in [0.1, 0.15) is 33.1 Å². The van der Waals surface area contributed by atoms with Gasteiger partial charge in [0.15, 0.2) is 11.6 Å². The Morgan fingerprint density at radius 2 is 2.00 bits per heavy atom. The Bertz CT molecular complexity index is 561. The van der Waals surface area contributed by atoms with Crippen LogP contribution in [0.25, 0.3) is 0 Å². The van der Waals surface area contributed by atoms with Crippen molar-refractivity contribution in [3.63, 3.8) is 0 Å². The standard InChI is InChI=1S/C16H21F2NO4/c1-16(2,15(21)22)7-8-19-14(20)4-3-9-23-13-6-5-11(17)10-12(13)18/h5-6,10H,3-4,7-9H2,1-2H3,(H,19,20)(H,21,22). The molecular weight excluding hydrogens is 308 g/mol. The molecule has 128 valence electrons. The molecule has 0 fully saturated rings. The molecule has 7 heteroatoms. The topological polar surface area (TPSA) is 75.6 Å². The zero-order valence-electron chi connectivity index (χ0n) is 13.2. The fraction of sp³-hybridized carbons (Fsp3) is 0.500. The van der Waals surface area contributed by atoms with E-state index in [0.29, 0.717) is 12.8 Å². The molecule has 0 heterocycles. The Hall–Kier alpha value is -2.18. The highest BCUT2D eigenvalue weighted by atomic mass is 19.1. The second-order valence-corrected chi connectivity index (χ2v) is 5.82. The molecule has 1 aromatic carbocycles. The zero-order valence-corrected chi connectivity index (χ0v) is 13.2. The lowest BCUT2D eigenvalue weighted by atomic mass is 9.90. The molecule has 1 amide bonds. The van der Waals surface area contributed by atoms with Crippen LogP contribution in [0.2, 0.25) is 0 Å². The lowest BCUT2D eigenvalue weighted by Gasteiger charge is -2.18. The molecule has 0 saturated carbocycles. The van der Waals surface area contributed by atoms with E-state index >= 15 is 0 Å². The Balaban J connectivity index is 2.20. The van der Waals surface area contributed by atoms with Gasteiger partial charge in [0.2, 0.25) is 5.91 Å². The Kier molecular flexibility index (Phi) is 6.93. The molecule has 2 N–H and O–H groups in total. The number of halogens is 2. The van der Waals surface area contributed by atoms with Crippen LogP contribution in [0.15, 0.2) is 18.2 Å². The minimum Gasteiger partial charge on any atom is -0.491 e. The molecule has 0 aromatic heterocycles. The number of carbonyl (C=O) groups is 2. The first-order valence-corrected chi connectivity index (χ1v) is 7.30. The first-order valence-electron chi connectivity index (χ1n) is 7.30. The molecule has 0 unspecified atom stereocenters. The van der Waals surface area contributed by atoms with Crippen molar-refractivity contribution in [1.82, 2.24) is 5.32 Å².